The Hall–Kier alpha value is -4.99. The molecule has 0 fully saturated rings. The van der Waals surface area contributed by atoms with Crippen molar-refractivity contribution in [1.29, 1.82) is 0 Å². The highest BCUT2D eigenvalue weighted by molar-refractivity contribution is 6.15. The third kappa shape index (κ3) is 4.68. The van der Waals surface area contributed by atoms with E-state index < -0.39 is 17.9 Å². The molecule has 0 saturated carbocycles. The highest BCUT2D eigenvalue weighted by Gasteiger charge is 2.40. The molecule has 5 rings (SSSR count). The fourth-order valence-corrected chi connectivity index (χ4v) is 4.85. The van der Waals surface area contributed by atoms with Gasteiger partial charge in [0, 0.05) is 22.6 Å². The maximum absolute atomic E-state index is 13.5. The number of methoxy groups -OCH3 is 4. The lowest BCUT2D eigenvalue weighted by Gasteiger charge is -2.28. The van der Waals surface area contributed by atoms with Crippen LogP contribution in [0.25, 0.3) is 6.08 Å². The Morgan fingerprint density at radius 2 is 1.62 bits per heavy atom. The molecule has 0 amide bonds. The molecule has 0 unspecified atom stereocenters. The van der Waals surface area contributed by atoms with Crippen LogP contribution in [0, 0.1) is 0 Å². The number of para-hydroxylation sites is 2. The van der Waals surface area contributed by atoms with E-state index in [2.05, 4.69) is 0 Å². The van der Waals surface area contributed by atoms with Crippen LogP contribution in [0.1, 0.15) is 39.4 Å². The second-order valence-electron chi connectivity index (χ2n) is 8.85. The number of fused-ring (bicyclic) bond motifs is 3. The summed E-state index contributed by atoms with van der Waals surface area (Å²) in [7, 11) is 5.76. The van der Waals surface area contributed by atoms with Crippen molar-refractivity contribution in [3.05, 3.63) is 76.5 Å². The normalized spacial score (nSPS) is 16.4. The first kappa shape index (κ1) is 26.6. The van der Waals surface area contributed by atoms with Crippen LogP contribution in [0.3, 0.4) is 0 Å². The average molecular weight is 547 g/mol. The van der Waals surface area contributed by atoms with Crippen LogP contribution in [-0.4, -0.2) is 52.8 Å². The predicted molar refractivity (Wildman–Crippen MR) is 142 cm³/mol. The summed E-state index contributed by atoms with van der Waals surface area (Å²) in [4.78, 5) is 38.0. The lowest BCUT2D eigenvalue weighted by Crippen LogP contribution is -2.22. The fraction of sp³-hybridized carbons (Fsp3) is 0.233. The molecule has 40 heavy (non-hydrogen) atoms. The lowest BCUT2D eigenvalue weighted by molar-refractivity contribution is -0.143. The summed E-state index contributed by atoms with van der Waals surface area (Å²) in [5, 5.41) is 0. The second kappa shape index (κ2) is 11.0. The molecule has 0 saturated heterocycles. The van der Waals surface area contributed by atoms with Gasteiger partial charge in [-0.1, -0.05) is 24.3 Å². The van der Waals surface area contributed by atoms with Gasteiger partial charge in [-0.25, -0.2) is 4.79 Å². The average Bonchev–Trinajstić information content (AvgIpc) is 3.29. The molecule has 2 heterocycles. The third-order valence-electron chi connectivity index (χ3n) is 6.67. The van der Waals surface area contributed by atoms with E-state index in [4.69, 9.17) is 33.2 Å². The van der Waals surface area contributed by atoms with Gasteiger partial charge in [-0.05, 0) is 30.3 Å². The Labute approximate surface area is 230 Å². The number of allylic oxidation sites excluding steroid dienone is 1. The van der Waals surface area contributed by atoms with E-state index in [1.165, 1.54) is 28.4 Å². The molecular formula is C30H26O10. The number of esters is 2. The highest BCUT2D eigenvalue weighted by Crippen LogP contribution is 2.51. The molecular weight excluding hydrogens is 520 g/mol. The van der Waals surface area contributed by atoms with Crippen LogP contribution in [0.4, 0.5) is 0 Å². The van der Waals surface area contributed by atoms with Crippen molar-refractivity contribution in [3.8, 4) is 34.5 Å². The number of Topliss-reactive ketones (excluding diaryl/α,β-unsaturated/α-hetero) is 1. The maximum Gasteiger partial charge on any atom is 0.343 e. The molecule has 10 heteroatoms. The molecule has 2 aliphatic heterocycles. The maximum atomic E-state index is 13.5. The van der Waals surface area contributed by atoms with Crippen molar-refractivity contribution in [2.24, 2.45) is 0 Å². The predicted octanol–water partition coefficient (Wildman–Crippen LogP) is 4.32. The summed E-state index contributed by atoms with van der Waals surface area (Å²) in [5.41, 5.74) is 1.95. The first-order chi connectivity index (χ1) is 19.4. The molecule has 206 valence electrons. The monoisotopic (exact) mass is 546 g/mol. The zero-order valence-electron chi connectivity index (χ0n) is 22.3. The Bertz CT molecular complexity index is 1540. The summed E-state index contributed by atoms with van der Waals surface area (Å²) in [6.07, 6.45) is 1.52. The van der Waals surface area contributed by atoms with Gasteiger partial charge >= 0.3 is 11.9 Å². The van der Waals surface area contributed by atoms with Gasteiger partial charge in [-0.3, -0.25) is 9.59 Å². The first-order valence-corrected chi connectivity index (χ1v) is 12.3. The van der Waals surface area contributed by atoms with Gasteiger partial charge < -0.3 is 33.2 Å². The lowest BCUT2D eigenvalue weighted by atomic mass is 9.84. The molecule has 1 atom stereocenters. The first-order valence-electron chi connectivity index (χ1n) is 12.3. The molecule has 3 aromatic rings. The van der Waals surface area contributed by atoms with Crippen molar-refractivity contribution in [2.45, 2.75) is 12.3 Å². The molecule has 0 spiro atoms. The van der Waals surface area contributed by atoms with Gasteiger partial charge in [-0.15, -0.1) is 0 Å². The molecule has 10 nitrogen and oxygen atoms in total. The van der Waals surface area contributed by atoms with Gasteiger partial charge in [0.2, 0.25) is 5.78 Å². The minimum absolute atomic E-state index is 0.0640. The van der Waals surface area contributed by atoms with Crippen LogP contribution in [0.5, 0.6) is 34.5 Å². The summed E-state index contributed by atoms with van der Waals surface area (Å²) >= 11 is 0. The second-order valence-corrected chi connectivity index (χ2v) is 8.85. The zero-order valence-corrected chi connectivity index (χ0v) is 22.3. The summed E-state index contributed by atoms with van der Waals surface area (Å²) < 4.78 is 38.6. The summed E-state index contributed by atoms with van der Waals surface area (Å²) in [5.74, 6) is 0.140. The Morgan fingerprint density at radius 1 is 0.900 bits per heavy atom. The molecule has 0 aromatic heterocycles. The van der Waals surface area contributed by atoms with Gasteiger partial charge in [0.1, 0.15) is 11.5 Å². The molecule has 2 aliphatic rings. The zero-order chi connectivity index (χ0) is 28.4. The standard InChI is InChI=1S/C30H26O10/c1-34-21-9-5-7-16(28(21)37-4)13-23-27(33)18-11-12-20-26(30(18)40-23)19(14-24(31)39-20)17-8-6-10-22(35-2)29(17)38-15-25(32)36-3/h5-13,19H,14-15H2,1-4H3/b23-13-/t19-/m0/s1. The highest BCUT2D eigenvalue weighted by atomic mass is 16.6. The third-order valence-corrected chi connectivity index (χ3v) is 6.67. The van der Waals surface area contributed by atoms with E-state index in [0.717, 1.165) is 0 Å². The van der Waals surface area contributed by atoms with Crippen molar-refractivity contribution >= 4 is 23.8 Å². The summed E-state index contributed by atoms with van der Waals surface area (Å²) in [6.45, 7) is -0.370. The molecule has 0 N–H and O–H groups in total. The topological polar surface area (TPSA) is 116 Å². The minimum atomic E-state index is -0.632. The van der Waals surface area contributed by atoms with Crippen molar-refractivity contribution in [1.82, 2.24) is 0 Å². The van der Waals surface area contributed by atoms with Crippen LogP contribution in [0.2, 0.25) is 0 Å². The number of rotatable bonds is 8. The van der Waals surface area contributed by atoms with Crippen LogP contribution in [-0.2, 0) is 14.3 Å². The van der Waals surface area contributed by atoms with Gasteiger partial charge in [0.15, 0.2) is 35.4 Å². The SMILES string of the molecule is COC(=O)COc1c(OC)cccc1[C@@H]1CC(=O)Oc2ccc3c(c21)O/C(=C\c1cccc(OC)c1OC)C3=O. The van der Waals surface area contributed by atoms with Crippen molar-refractivity contribution < 1.29 is 47.5 Å². The quantitative estimate of drug-likeness (QED) is 0.230. The van der Waals surface area contributed by atoms with Crippen molar-refractivity contribution in [3.63, 3.8) is 0 Å². The van der Waals surface area contributed by atoms with Gasteiger partial charge in [0.25, 0.3) is 0 Å². The van der Waals surface area contributed by atoms with E-state index in [-0.39, 0.29) is 41.8 Å². The molecule has 3 aromatic carbocycles. The Balaban J connectivity index is 1.61. The summed E-state index contributed by atoms with van der Waals surface area (Å²) in [6, 6.07) is 13.6. The van der Waals surface area contributed by atoms with E-state index in [1.807, 2.05) is 0 Å². The van der Waals surface area contributed by atoms with Crippen LogP contribution < -0.4 is 28.4 Å². The molecule has 0 bridgehead atoms. The Morgan fingerprint density at radius 3 is 2.33 bits per heavy atom. The number of carbonyl (C=O) groups is 3. The molecule has 0 radical (unpaired) electrons. The van der Waals surface area contributed by atoms with E-state index >= 15 is 0 Å². The largest absolute Gasteiger partial charge is 0.493 e. The number of ether oxygens (including phenoxy) is 7. The van der Waals surface area contributed by atoms with Crippen molar-refractivity contribution in [2.75, 3.05) is 35.0 Å². The van der Waals surface area contributed by atoms with E-state index in [9.17, 15) is 14.4 Å². The number of ketones is 1. The smallest absolute Gasteiger partial charge is 0.343 e. The van der Waals surface area contributed by atoms with E-state index in [1.54, 1.807) is 54.6 Å². The van der Waals surface area contributed by atoms with Gasteiger partial charge in [-0.2, -0.15) is 0 Å². The van der Waals surface area contributed by atoms with E-state index in [0.29, 0.717) is 39.5 Å². The number of carbonyl (C=O) groups excluding carboxylic acids is 3. The Kier molecular flexibility index (Phi) is 7.33. The number of hydrogen-bond acceptors (Lipinski definition) is 10. The van der Waals surface area contributed by atoms with Crippen LogP contribution in [0.15, 0.2) is 54.3 Å². The fourth-order valence-electron chi connectivity index (χ4n) is 4.85. The molecule has 0 aliphatic carbocycles. The minimum Gasteiger partial charge on any atom is -0.493 e. The van der Waals surface area contributed by atoms with Gasteiger partial charge in [0.05, 0.1) is 40.4 Å². The number of benzene rings is 3. The number of hydrogen-bond donors (Lipinski definition) is 0. The van der Waals surface area contributed by atoms with Crippen LogP contribution >= 0.6 is 0 Å².